The highest BCUT2D eigenvalue weighted by Gasteiger charge is 2.25. The average molecular weight is 349 g/mol. The summed E-state index contributed by atoms with van der Waals surface area (Å²) >= 11 is 1.61. The van der Waals surface area contributed by atoms with Gasteiger partial charge in [0.1, 0.15) is 0 Å². The molecule has 2 aromatic heterocycles. The zero-order valence-electron chi connectivity index (χ0n) is 13.7. The molecule has 0 saturated carbocycles. The molecule has 0 aromatic carbocycles. The molecule has 2 aliphatic rings. The van der Waals surface area contributed by atoms with Gasteiger partial charge < -0.3 is 14.0 Å². The Balaban J connectivity index is 1.41. The van der Waals surface area contributed by atoms with Gasteiger partial charge in [-0.2, -0.15) is 4.98 Å². The lowest BCUT2D eigenvalue weighted by Crippen LogP contribution is -2.37. The van der Waals surface area contributed by atoms with Crippen LogP contribution in [0.2, 0.25) is 0 Å². The van der Waals surface area contributed by atoms with Crippen LogP contribution in [0.15, 0.2) is 22.0 Å². The molecule has 130 valence electrons. The molecule has 0 radical (unpaired) electrons. The Morgan fingerprint density at radius 2 is 1.88 bits per heavy atom. The van der Waals surface area contributed by atoms with Gasteiger partial charge >= 0.3 is 0 Å². The van der Waals surface area contributed by atoms with Crippen LogP contribution in [0.5, 0.6) is 0 Å². The van der Waals surface area contributed by atoms with E-state index in [-0.39, 0.29) is 0 Å². The highest BCUT2D eigenvalue weighted by molar-refractivity contribution is 7.13. The molecular formula is C17H23N3O3S. The van der Waals surface area contributed by atoms with Crippen LogP contribution < -0.4 is 0 Å². The van der Waals surface area contributed by atoms with Gasteiger partial charge in [-0.25, -0.2) is 0 Å². The van der Waals surface area contributed by atoms with Crippen molar-refractivity contribution in [3.05, 3.63) is 23.3 Å². The molecular weight excluding hydrogens is 326 g/mol. The van der Waals surface area contributed by atoms with E-state index >= 15 is 0 Å². The summed E-state index contributed by atoms with van der Waals surface area (Å²) in [5.74, 6) is 1.34. The maximum Gasteiger partial charge on any atom is 0.268 e. The van der Waals surface area contributed by atoms with Crippen molar-refractivity contribution in [1.82, 2.24) is 15.0 Å². The van der Waals surface area contributed by atoms with Crippen LogP contribution in [0.3, 0.4) is 0 Å². The number of ether oxygens (including phenoxy) is 2. The Labute approximate surface area is 145 Å². The minimum Gasteiger partial charge on any atom is -0.377 e. The molecule has 6 nitrogen and oxygen atoms in total. The SMILES string of the molecule is c1csc(-c2nc(CN(C[C@H]3CCCO3)C[C@@H]3CCCO3)no2)c1. The molecule has 7 heteroatoms. The maximum absolute atomic E-state index is 5.80. The molecule has 0 amide bonds. The number of thiophene rings is 1. The summed E-state index contributed by atoms with van der Waals surface area (Å²) in [5.41, 5.74) is 0. The van der Waals surface area contributed by atoms with Gasteiger partial charge in [0.05, 0.1) is 23.6 Å². The smallest absolute Gasteiger partial charge is 0.268 e. The Bertz CT molecular complexity index is 601. The predicted octanol–water partition coefficient (Wildman–Crippen LogP) is 2.96. The Kier molecular flexibility index (Phi) is 5.22. The zero-order chi connectivity index (χ0) is 16.2. The highest BCUT2D eigenvalue weighted by Crippen LogP contribution is 2.23. The Morgan fingerprint density at radius 3 is 2.46 bits per heavy atom. The van der Waals surface area contributed by atoms with Gasteiger partial charge in [0.2, 0.25) is 0 Å². The normalized spacial score (nSPS) is 24.2. The first-order chi connectivity index (χ1) is 11.9. The number of hydrogen-bond donors (Lipinski definition) is 0. The van der Waals surface area contributed by atoms with Gasteiger partial charge in [-0.1, -0.05) is 11.2 Å². The molecule has 0 unspecified atom stereocenters. The second-order valence-corrected chi connectivity index (χ2v) is 7.40. The van der Waals surface area contributed by atoms with Gasteiger partial charge in [0.25, 0.3) is 5.89 Å². The van der Waals surface area contributed by atoms with E-state index in [2.05, 4.69) is 15.0 Å². The lowest BCUT2D eigenvalue weighted by Gasteiger charge is -2.26. The molecule has 4 rings (SSSR count). The first kappa shape index (κ1) is 16.2. The summed E-state index contributed by atoms with van der Waals surface area (Å²) in [6, 6.07) is 3.99. The molecule has 2 aliphatic heterocycles. The van der Waals surface area contributed by atoms with Crippen LogP contribution in [0.25, 0.3) is 10.8 Å². The van der Waals surface area contributed by atoms with E-state index in [0.717, 1.165) is 62.7 Å². The summed E-state index contributed by atoms with van der Waals surface area (Å²) in [7, 11) is 0. The summed E-state index contributed by atoms with van der Waals surface area (Å²) in [5, 5.41) is 6.17. The standard InChI is InChI=1S/C17H23N3O3S/c1-4-13(21-7-1)10-20(11-14-5-2-8-22-14)12-16-18-17(23-19-16)15-6-3-9-24-15/h3,6,9,13-14H,1-2,4-5,7-8,10-12H2/t13-,14+. The molecule has 24 heavy (non-hydrogen) atoms. The number of rotatable bonds is 7. The molecule has 0 N–H and O–H groups in total. The number of nitrogens with zero attached hydrogens (tertiary/aromatic N) is 3. The lowest BCUT2D eigenvalue weighted by atomic mass is 10.2. The molecule has 0 bridgehead atoms. The van der Waals surface area contributed by atoms with E-state index in [9.17, 15) is 0 Å². The minimum atomic E-state index is 0.315. The predicted molar refractivity (Wildman–Crippen MR) is 90.8 cm³/mol. The maximum atomic E-state index is 5.80. The van der Waals surface area contributed by atoms with E-state index in [0.29, 0.717) is 24.6 Å². The summed E-state index contributed by atoms with van der Waals surface area (Å²) in [6.45, 7) is 4.24. The first-order valence-electron chi connectivity index (χ1n) is 8.69. The monoisotopic (exact) mass is 349 g/mol. The van der Waals surface area contributed by atoms with Crippen molar-refractivity contribution in [2.24, 2.45) is 0 Å². The van der Waals surface area contributed by atoms with Crippen LogP contribution >= 0.6 is 11.3 Å². The van der Waals surface area contributed by atoms with E-state index < -0.39 is 0 Å². The molecule has 4 heterocycles. The molecule has 2 saturated heterocycles. The second kappa shape index (κ2) is 7.74. The first-order valence-corrected chi connectivity index (χ1v) is 9.57. The van der Waals surface area contributed by atoms with Gasteiger partial charge in [-0.05, 0) is 37.1 Å². The molecule has 2 atom stereocenters. The summed E-state index contributed by atoms with van der Waals surface area (Å²) < 4.78 is 17.0. The molecule has 0 spiro atoms. The number of hydrogen-bond acceptors (Lipinski definition) is 7. The van der Waals surface area contributed by atoms with Crippen molar-refractivity contribution in [3.63, 3.8) is 0 Å². The van der Waals surface area contributed by atoms with Crippen LogP contribution in [0.1, 0.15) is 31.5 Å². The van der Waals surface area contributed by atoms with Crippen molar-refractivity contribution < 1.29 is 14.0 Å². The largest absolute Gasteiger partial charge is 0.377 e. The molecule has 2 aromatic rings. The summed E-state index contributed by atoms with van der Waals surface area (Å²) in [6.07, 6.45) is 5.21. The topological polar surface area (TPSA) is 60.6 Å². The third kappa shape index (κ3) is 4.03. The third-order valence-corrected chi connectivity index (χ3v) is 5.39. The number of aromatic nitrogens is 2. The average Bonchev–Trinajstić information content (AvgIpc) is 3.37. The van der Waals surface area contributed by atoms with Crippen molar-refractivity contribution in [2.75, 3.05) is 26.3 Å². The van der Waals surface area contributed by atoms with Gasteiger partial charge in [-0.15, -0.1) is 11.3 Å². The van der Waals surface area contributed by atoms with Crippen LogP contribution in [0, 0.1) is 0 Å². The van der Waals surface area contributed by atoms with Crippen molar-refractivity contribution in [2.45, 2.75) is 44.4 Å². The fraction of sp³-hybridized carbons (Fsp3) is 0.647. The highest BCUT2D eigenvalue weighted by atomic mass is 32.1. The van der Waals surface area contributed by atoms with Crippen molar-refractivity contribution >= 4 is 11.3 Å². The fourth-order valence-corrected chi connectivity index (χ4v) is 4.02. The third-order valence-electron chi connectivity index (χ3n) is 4.54. The van der Waals surface area contributed by atoms with Crippen LogP contribution in [-0.4, -0.2) is 53.6 Å². The van der Waals surface area contributed by atoms with E-state index in [1.54, 1.807) is 11.3 Å². The van der Waals surface area contributed by atoms with Gasteiger partial charge in [0.15, 0.2) is 5.82 Å². The van der Waals surface area contributed by atoms with Crippen molar-refractivity contribution in [3.8, 4) is 10.8 Å². The quantitative estimate of drug-likeness (QED) is 0.766. The van der Waals surface area contributed by atoms with Crippen molar-refractivity contribution in [1.29, 1.82) is 0 Å². The zero-order valence-corrected chi connectivity index (χ0v) is 14.5. The van der Waals surface area contributed by atoms with Crippen LogP contribution in [0.4, 0.5) is 0 Å². The Morgan fingerprint density at radius 1 is 1.12 bits per heavy atom. The Hall–Kier alpha value is -1.28. The van der Waals surface area contributed by atoms with E-state index in [4.69, 9.17) is 14.0 Å². The molecule has 2 fully saturated rings. The van der Waals surface area contributed by atoms with E-state index in [1.807, 2.05) is 17.5 Å². The van der Waals surface area contributed by atoms with Gasteiger partial charge in [-0.3, -0.25) is 4.90 Å². The summed E-state index contributed by atoms with van der Waals surface area (Å²) in [4.78, 5) is 7.92. The molecule has 0 aliphatic carbocycles. The second-order valence-electron chi connectivity index (χ2n) is 6.46. The van der Waals surface area contributed by atoms with E-state index in [1.165, 1.54) is 0 Å². The fourth-order valence-electron chi connectivity index (χ4n) is 3.37. The van der Waals surface area contributed by atoms with Gasteiger partial charge in [0, 0.05) is 26.3 Å². The minimum absolute atomic E-state index is 0.315. The lowest BCUT2D eigenvalue weighted by molar-refractivity contribution is 0.0334. The van der Waals surface area contributed by atoms with Crippen LogP contribution in [-0.2, 0) is 16.0 Å².